The Bertz CT molecular complexity index is 1690. The normalized spacial score (nSPS) is 11.9. The van der Waals surface area contributed by atoms with Crippen LogP contribution in [0.15, 0.2) is 134 Å². The molecule has 6 aromatic rings. The standard InChI is InChI=1S/C33H24N2/c1-3-9-28(10-4-1)34-19-17-24(18-20-34)25-15-16-30-26(21-25)22-27-23-35(29-11-5-2-6-12-29)32-14-8-7-13-31(32)33(27)30/h1-21,23H,22H2/q+2. The Morgan fingerprint density at radius 2 is 1.23 bits per heavy atom. The van der Waals surface area contributed by atoms with Gasteiger partial charge in [-0.15, -0.1) is 0 Å². The summed E-state index contributed by atoms with van der Waals surface area (Å²) >= 11 is 0. The van der Waals surface area contributed by atoms with E-state index in [1.807, 2.05) is 6.07 Å². The lowest BCUT2D eigenvalue weighted by atomic mass is 9.98. The van der Waals surface area contributed by atoms with Crippen LogP contribution in [-0.2, 0) is 6.42 Å². The topological polar surface area (TPSA) is 7.76 Å². The van der Waals surface area contributed by atoms with Gasteiger partial charge in [0.15, 0.2) is 18.6 Å². The highest BCUT2D eigenvalue weighted by Crippen LogP contribution is 2.41. The van der Waals surface area contributed by atoms with Gasteiger partial charge in [-0.3, -0.25) is 0 Å². The molecular weight excluding hydrogens is 424 g/mol. The van der Waals surface area contributed by atoms with E-state index in [-0.39, 0.29) is 0 Å². The van der Waals surface area contributed by atoms with Gasteiger partial charge >= 0.3 is 0 Å². The summed E-state index contributed by atoms with van der Waals surface area (Å²) in [5, 5.41) is 1.31. The number of benzene rings is 4. The van der Waals surface area contributed by atoms with Crippen molar-refractivity contribution < 1.29 is 9.13 Å². The van der Waals surface area contributed by atoms with Gasteiger partial charge in [0.25, 0.3) is 0 Å². The monoisotopic (exact) mass is 448 g/mol. The average Bonchev–Trinajstić information content (AvgIpc) is 3.32. The second kappa shape index (κ2) is 8.03. The Hall–Kier alpha value is -4.56. The third-order valence-corrected chi connectivity index (χ3v) is 7.05. The first-order chi connectivity index (χ1) is 17.3. The minimum absolute atomic E-state index is 0.951. The average molecular weight is 449 g/mol. The van der Waals surface area contributed by atoms with Gasteiger partial charge in [0.1, 0.15) is 0 Å². The predicted molar refractivity (Wildman–Crippen MR) is 141 cm³/mol. The van der Waals surface area contributed by atoms with E-state index < -0.39 is 0 Å². The number of fused-ring (bicyclic) bond motifs is 5. The molecule has 2 heteroatoms. The van der Waals surface area contributed by atoms with Crippen LogP contribution in [0.2, 0.25) is 0 Å². The van der Waals surface area contributed by atoms with E-state index in [4.69, 9.17) is 0 Å². The predicted octanol–water partition coefficient (Wildman–Crippen LogP) is 6.63. The van der Waals surface area contributed by atoms with Gasteiger partial charge < -0.3 is 0 Å². The highest BCUT2D eigenvalue weighted by atomic mass is 15.0. The number of hydrogen-bond donors (Lipinski definition) is 0. The maximum Gasteiger partial charge on any atom is 0.219 e. The summed E-state index contributed by atoms with van der Waals surface area (Å²) in [5.74, 6) is 0. The number of aromatic nitrogens is 2. The van der Waals surface area contributed by atoms with E-state index in [0.717, 1.165) is 6.42 Å². The van der Waals surface area contributed by atoms with E-state index in [0.29, 0.717) is 0 Å². The molecule has 0 amide bonds. The minimum Gasteiger partial charge on any atom is -0.167 e. The molecule has 2 heterocycles. The van der Waals surface area contributed by atoms with Crippen molar-refractivity contribution in [1.29, 1.82) is 0 Å². The van der Waals surface area contributed by atoms with E-state index >= 15 is 0 Å². The van der Waals surface area contributed by atoms with Crippen molar-refractivity contribution in [1.82, 2.24) is 0 Å². The number of hydrogen-bond acceptors (Lipinski definition) is 0. The molecule has 0 atom stereocenters. The van der Waals surface area contributed by atoms with Gasteiger partial charge in [0.2, 0.25) is 16.9 Å². The molecule has 4 aromatic carbocycles. The number of rotatable bonds is 3. The number of para-hydroxylation sites is 3. The quantitative estimate of drug-likeness (QED) is 0.268. The molecule has 0 spiro atoms. The molecule has 2 aromatic heterocycles. The molecule has 0 bridgehead atoms. The zero-order valence-corrected chi connectivity index (χ0v) is 19.3. The zero-order chi connectivity index (χ0) is 23.2. The first kappa shape index (κ1) is 19.9. The molecule has 35 heavy (non-hydrogen) atoms. The Labute approximate surface area is 205 Å². The Morgan fingerprint density at radius 1 is 0.543 bits per heavy atom. The fourth-order valence-corrected chi connectivity index (χ4v) is 5.37. The van der Waals surface area contributed by atoms with Crippen LogP contribution in [0.1, 0.15) is 11.1 Å². The second-order valence-corrected chi connectivity index (χ2v) is 9.13. The van der Waals surface area contributed by atoms with Gasteiger partial charge in [0, 0.05) is 60.0 Å². The van der Waals surface area contributed by atoms with Crippen LogP contribution in [-0.4, -0.2) is 0 Å². The molecule has 1 aliphatic rings. The van der Waals surface area contributed by atoms with Gasteiger partial charge in [-0.1, -0.05) is 66.7 Å². The summed E-state index contributed by atoms with van der Waals surface area (Å²) in [6, 6.07) is 41.2. The molecule has 164 valence electrons. The molecule has 7 rings (SSSR count). The SMILES string of the molecule is c1ccc(-[n+]2ccc(-c3ccc4c(c3)Cc3c[n+](-c5ccccc5)c5ccccc5c3-4)cc2)cc1. The summed E-state index contributed by atoms with van der Waals surface area (Å²) in [6.45, 7) is 0. The molecule has 1 aliphatic carbocycles. The van der Waals surface area contributed by atoms with Gasteiger partial charge in [-0.25, -0.2) is 0 Å². The third kappa shape index (κ3) is 3.34. The fourth-order valence-electron chi connectivity index (χ4n) is 5.37. The van der Waals surface area contributed by atoms with E-state index in [1.165, 1.54) is 55.7 Å². The smallest absolute Gasteiger partial charge is 0.167 e. The van der Waals surface area contributed by atoms with Gasteiger partial charge in [-0.2, -0.15) is 9.13 Å². The lowest BCUT2D eigenvalue weighted by Gasteiger charge is -2.08. The molecule has 0 unspecified atom stereocenters. The van der Waals surface area contributed by atoms with Crippen LogP contribution in [0.25, 0.3) is 44.5 Å². The Kier molecular flexibility index (Phi) is 4.56. The maximum atomic E-state index is 2.37. The molecule has 0 radical (unpaired) electrons. The van der Waals surface area contributed by atoms with Crippen LogP contribution >= 0.6 is 0 Å². The summed E-state index contributed by atoms with van der Waals surface area (Å²) in [7, 11) is 0. The first-order valence-corrected chi connectivity index (χ1v) is 12.1. The first-order valence-electron chi connectivity index (χ1n) is 12.1. The van der Waals surface area contributed by atoms with Crippen molar-refractivity contribution in [3.05, 3.63) is 145 Å². The largest absolute Gasteiger partial charge is 0.219 e. The summed E-state index contributed by atoms with van der Waals surface area (Å²) in [6.07, 6.45) is 7.57. The second-order valence-electron chi connectivity index (χ2n) is 9.13. The maximum absolute atomic E-state index is 2.37. The molecule has 0 N–H and O–H groups in total. The van der Waals surface area contributed by atoms with Crippen molar-refractivity contribution in [2.45, 2.75) is 6.42 Å². The van der Waals surface area contributed by atoms with Crippen LogP contribution in [0.5, 0.6) is 0 Å². The molecule has 0 fully saturated rings. The molecular formula is C33H24N2+2. The lowest BCUT2D eigenvalue weighted by Crippen LogP contribution is -2.32. The fraction of sp³-hybridized carbons (Fsp3) is 0.0303. The van der Waals surface area contributed by atoms with Crippen molar-refractivity contribution in [3.8, 4) is 33.6 Å². The van der Waals surface area contributed by atoms with Gasteiger partial charge in [0.05, 0.1) is 5.39 Å². The third-order valence-electron chi connectivity index (χ3n) is 7.05. The van der Waals surface area contributed by atoms with Crippen LogP contribution in [0.3, 0.4) is 0 Å². The molecule has 0 saturated carbocycles. The van der Waals surface area contributed by atoms with Crippen LogP contribution in [0.4, 0.5) is 0 Å². The minimum atomic E-state index is 0.951. The summed E-state index contributed by atoms with van der Waals surface area (Å²) in [4.78, 5) is 0. The zero-order valence-electron chi connectivity index (χ0n) is 19.3. The van der Waals surface area contributed by atoms with Crippen molar-refractivity contribution in [3.63, 3.8) is 0 Å². The molecule has 2 nitrogen and oxygen atoms in total. The highest BCUT2D eigenvalue weighted by Gasteiger charge is 2.27. The van der Waals surface area contributed by atoms with E-state index in [9.17, 15) is 0 Å². The Morgan fingerprint density at radius 3 is 2.00 bits per heavy atom. The summed E-state index contributed by atoms with van der Waals surface area (Å²) in [5.41, 5.74) is 11.6. The van der Waals surface area contributed by atoms with Crippen LogP contribution in [0, 0.1) is 0 Å². The van der Waals surface area contributed by atoms with E-state index in [2.05, 4.69) is 137 Å². The number of nitrogens with zero attached hydrogens (tertiary/aromatic N) is 2. The highest BCUT2D eigenvalue weighted by molar-refractivity contribution is 5.98. The van der Waals surface area contributed by atoms with Crippen molar-refractivity contribution >= 4 is 10.9 Å². The van der Waals surface area contributed by atoms with Crippen molar-refractivity contribution in [2.24, 2.45) is 0 Å². The Balaban J connectivity index is 1.31. The van der Waals surface area contributed by atoms with E-state index in [1.54, 1.807) is 0 Å². The molecule has 0 saturated heterocycles. The molecule has 0 aliphatic heterocycles. The van der Waals surface area contributed by atoms with Crippen LogP contribution < -0.4 is 9.13 Å². The van der Waals surface area contributed by atoms with Gasteiger partial charge in [-0.05, 0) is 28.3 Å². The summed E-state index contributed by atoms with van der Waals surface area (Å²) < 4.78 is 4.49. The van der Waals surface area contributed by atoms with Crippen molar-refractivity contribution in [2.75, 3.05) is 0 Å². The lowest BCUT2D eigenvalue weighted by molar-refractivity contribution is -0.595. The number of pyridine rings is 2.